The number of para-hydroxylation sites is 1. The Morgan fingerprint density at radius 1 is 1.06 bits per heavy atom. The Labute approximate surface area is 186 Å². The molecule has 2 amide bonds. The van der Waals surface area contributed by atoms with Crippen LogP contribution in [-0.4, -0.2) is 28.0 Å². The summed E-state index contributed by atoms with van der Waals surface area (Å²) < 4.78 is 5.13. The van der Waals surface area contributed by atoms with Crippen LogP contribution in [0.1, 0.15) is 41.1 Å². The number of aryl methyl sites for hydroxylation is 1. The van der Waals surface area contributed by atoms with Gasteiger partial charge in [-0.05, 0) is 50.1 Å². The molecule has 31 heavy (non-hydrogen) atoms. The van der Waals surface area contributed by atoms with Crippen LogP contribution in [-0.2, 0) is 16.2 Å². The molecule has 0 bridgehead atoms. The highest BCUT2D eigenvalue weighted by Crippen LogP contribution is 2.60. The van der Waals surface area contributed by atoms with Crippen molar-refractivity contribution < 1.29 is 14.0 Å². The van der Waals surface area contributed by atoms with E-state index in [4.69, 9.17) is 4.42 Å². The maximum absolute atomic E-state index is 14.2. The number of anilines is 1. The van der Waals surface area contributed by atoms with E-state index < -0.39 is 4.87 Å². The molecule has 6 heteroatoms. The molecule has 0 saturated carbocycles. The van der Waals surface area contributed by atoms with Gasteiger partial charge in [-0.1, -0.05) is 42.5 Å². The molecule has 2 aliphatic rings. The van der Waals surface area contributed by atoms with Crippen LogP contribution in [0.3, 0.4) is 0 Å². The molecule has 2 aromatic carbocycles. The number of amides is 2. The van der Waals surface area contributed by atoms with Crippen molar-refractivity contribution in [2.45, 2.75) is 36.9 Å². The fourth-order valence-electron chi connectivity index (χ4n) is 4.60. The van der Waals surface area contributed by atoms with Crippen molar-refractivity contribution in [2.24, 2.45) is 0 Å². The number of benzene rings is 2. The van der Waals surface area contributed by atoms with Crippen molar-refractivity contribution in [2.75, 3.05) is 11.4 Å². The van der Waals surface area contributed by atoms with Gasteiger partial charge in [0.15, 0.2) is 10.6 Å². The van der Waals surface area contributed by atoms with Gasteiger partial charge in [-0.15, -0.1) is 11.8 Å². The minimum Gasteiger partial charge on any atom is -0.459 e. The fraction of sp³-hybridized carbons (Fsp3) is 0.280. The summed E-state index contributed by atoms with van der Waals surface area (Å²) >= 11 is 1.55. The minimum absolute atomic E-state index is 0.0764. The van der Waals surface area contributed by atoms with Crippen molar-refractivity contribution in [1.29, 1.82) is 0 Å². The van der Waals surface area contributed by atoms with E-state index in [0.717, 1.165) is 22.4 Å². The highest BCUT2D eigenvalue weighted by Gasteiger charge is 2.63. The van der Waals surface area contributed by atoms with Crippen molar-refractivity contribution in [1.82, 2.24) is 4.90 Å². The number of rotatable bonds is 3. The lowest BCUT2D eigenvalue weighted by Gasteiger charge is -2.32. The second-order valence-electron chi connectivity index (χ2n) is 8.71. The first kappa shape index (κ1) is 19.9. The molecule has 0 radical (unpaired) electrons. The van der Waals surface area contributed by atoms with Gasteiger partial charge in [-0.2, -0.15) is 0 Å². The predicted molar refractivity (Wildman–Crippen MR) is 122 cm³/mol. The molecular formula is C25H24N2O3S. The first-order valence-corrected chi connectivity index (χ1v) is 11.2. The molecule has 1 aromatic heterocycles. The largest absolute Gasteiger partial charge is 0.459 e. The molecule has 1 spiro atoms. The summed E-state index contributed by atoms with van der Waals surface area (Å²) in [5.41, 5.74) is 3.95. The lowest BCUT2D eigenvalue weighted by atomic mass is 10.0. The average Bonchev–Trinajstić information content (AvgIpc) is 3.43. The summed E-state index contributed by atoms with van der Waals surface area (Å²) in [4.78, 5) is 30.1. The summed E-state index contributed by atoms with van der Waals surface area (Å²) in [6, 6.07) is 19.3. The van der Waals surface area contributed by atoms with E-state index in [1.165, 1.54) is 6.26 Å². The number of carbonyl (C=O) groups excluding carboxylic acids is 2. The summed E-state index contributed by atoms with van der Waals surface area (Å²) in [6.07, 6.45) is 1.49. The van der Waals surface area contributed by atoms with Gasteiger partial charge in [0.1, 0.15) is 0 Å². The van der Waals surface area contributed by atoms with Crippen LogP contribution >= 0.6 is 11.8 Å². The minimum atomic E-state index is -1.10. The van der Waals surface area contributed by atoms with E-state index in [0.29, 0.717) is 13.1 Å². The third kappa shape index (κ3) is 3.00. The predicted octanol–water partition coefficient (Wildman–Crippen LogP) is 4.96. The van der Waals surface area contributed by atoms with Crippen LogP contribution in [0.4, 0.5) is 5.69 Å². The summed E-state index contributed by atoms with van der Waals surface area (Å²) in [6.45, 7) is 7.13. The topological polar surface area (TPSA) is 53.8 Å². The molecule has 5 rings (SSSR count). The number of carbonyl (C=O) groups is 2. The summed E-state index contributed by atoms with van der Waals surface area (Å²) in [7, 11) is 0. The Kier molecular flexibility index (Phi) is 4.52. The molecule has 0 unspecified atom stereocenters. The highest BCUT2D eigenvalue weighted by molar-refractivity contribution is 8.02. The molecule has 5 nitrogen and oxygen atoms in total. The lowest BCUT2D eigenvalue weighted by molar-refractivity contribution is -0.123. The van der Waals surface area contributed by atoms with Gasteiger partial charge in [0, 0.05) is 16.9 Å². The van der Waals surface area contributed by atoms with Crippen LogP contribution in [0.25, 0.3) is 0 Å². The third-order valence-corrected chi connectivity index (χ3v) is 7.60. The van der Waals surface area contributed by atoms with Crippen molar-refractivity contribution in [3.63, 3.8) is 0 Å². The molecule has 3 heterocycles. The zero-order valence-electron chi connectivity index (χ0n) is 17.8. The second-order valence-corrected chi connectivity index (χ2v) is 10.6. The van der Waals surface area contributed by atoms with E-state index in [2.05, 4.69) is 26.8 Å². The van der Waals surface area contributed by atoms with Crippen molar-refractivity contribution in [3.8, 4) is 0 Å². The van der Waals surface area contributed by atoms with Crippen LogP contribution in [0.2, 0.25) is 0 Å². The highest BCUT2D eigenvalue weighted by atomic mass is 32.2. The Balaban J connectivity index is 1.64. The first-order chi connectivity index (χ1) is 14.8. The Hall–Kier alpha value is -2.99. The molecule has 2 aliphatic heterocycles. The molecule has 0 aliphatic carbocycles. The van der Waals surface area contributed by atoms with Gasteiger partial charge < -0.3 is 14.2 Å². The van der Waals surface area contributed by atoms with Gasteiger partial charge in [0.25, 0.3) is 11.8 Å². The van der Waals surface area contributed by atoms with Crippen LogP contribution < -0.4 is 4.90 Å². The maximum atomic E-state index is 14.2. The third-order valence-electron chi connectivity index (χ3n) is 6.00. The quantitative estimate of drug-likeness (QED) is 0.587. The molecule has 1 fully saturated rings. The first-order valence-electron chi connectivity index (χ1n) is 10.4. The van der Waals surface area contributed by atoms with Crippen molar-refractivity contribution in [3.05, 3.63) is 89.4 Å². The SMILES string of the molecule is Cc1ccccc1CN1C(=O)[C@@]2(SC(C)(C)CN2C(=O)c2ccco2)c2ccccc21. The Morgan fingerprint density at radius 2 is 1.81 bits per heavy atom. The van der Waals surface area contributed by atoms with Gasteiger partial charge in [0.2, 0.25) is 0 Å². The Morgan fingerprint density at radius 3 is 2.55 bits per heavy atom. The molecule has 1 atom stereocenters. The number of fused-ring (bicyclic) bond motifs is 2. The molecular weight excluding hydrogens is 408 g/mol. The average molecular weight is 433 g/mol. The van der Waals surface area contributed by atoms with E-state index in [1.807, 2.05) is 47.4 Å². The molecule has 3 aromatic rings. The number of thioether (sulfide) groups is 1. The van der Waals surface area contributed by atoms with E-state index in [9.17, 15) is 9.59 Å². The number of hydrogen-bond acceptors (Lipinski definition) is 4. The monoisotopic (exact) mass is 432 g/mol. The van der Waals surface area contributed by atoms with Crippen molar-refractivity contribution >= 4 is 29.3 Å². The number of furan rings is 1. The maximum Gasteiger partial charge on any atom is 0.291 e. The Bertz CT molecular complexity index is 1170. The smallest absolute Gasteiger partial charge is 0.291 e. The van der Waals surface area contributed by atoms with Gasteiger partial charge >= 0.3 is 0 Å². The van der Waals surface area contributed by atoms with Gasteiger partial charge in [-0.25, -0.2) is 0 Å². The van der Waals surface area contributed by atoms with Crippen LogP contribution in [0.15, 0.2) is 71.3 Å². The van der Waals surface area contributed by atoms with E-state index in [-0.39, 0.29) is 22.3 Å². The zero-order valence-corrected chi connectivity index (χ0v) is 18.6. The normalized spacial score (nSPS) is 21.7. The lowest BCUT2D eigenvalue weighted by Crippen LogP contribution is -2.50. The van der Waals surface area contributed by atoms with E-state index in [1.54, 1.807) is 28.8 Å². The van der Waals surface area contributed by atoms with Crippen LogP contribution in [0.5, 0.6) is 0 Å². The number of hydrogen-bond donors (Lipinski definition) is 0. The number of nitrogens with zero attached hydrogens (tertiary/aromatic N) is 2. The van der Waals surface area contributed by atoms with Gasteiger partial charge in [-0.3, -0.25) is 9.59 Å². The zero-order chi connectivity index (χ0) is 21.8. The second kappa shape index (κ2) is 7.02. The van der Waals surface area contributed by atoms with Crippen LogP contribution in [0, 0.1) is 6.92 Å². The standard InChI is InChI=1S/C25H24N2O3S/c1-17-9-4-5-10-18(17)15-26-20-12-7-6-11-19(20)25(23(26)29)27(16-24(2,3)31-25)22(28)21-13-8-14-30-21/h4-14H,15-16H2,1-3H3/t25-/m0/s1. The summed E-state index contributed by atoms with van der Waals surface area (Å²) in [5, 5.41) is 0. The molecule has 0 N–H and O–H groups in total. The fourth-order valence-corrected chi connectivity index (χ4v) is 6.34. The van der Waals surface area contributed by atoms with E-state index >= 15 is 0 Å². The van der Waals surface area contributed by atoms with Gasteiger partial charge in [0.05, 0.1) is 18.5 Å². The summed E-state index contributed by atoms with van der Waals surface area (Å²) in [5.74, 6) is -0.0864. The molecule has 158 valence electrons. The molecule has 1 saturated heterocycles.